The maximum atomic E-state index is 9.16. The second-order valence-corrected chi connectivity index (χ2v) is 14.9. The smallest absolute Gasteiger partial charge is 0.121 e. The largest absolute Gasteiger partial charge is 0.496 e. The molecular formula is C50H50N8O. The van der Waals surface area contributed by atoms with Crippen LogP contribution in [0.25, 0.3) is 0 Å². The molecule has 0 amide bonds. The monoisotopic (exact) mass is 778 g/mol. The van der Waals surface area contributed by atoms with Gasteiger partial charge in [0.2, 0.25) is 0 Å². The third-order valence-electron chi connectivity index (χ3n) is 10.3. The van der Waals surface area contributed by atoms with Gasteiger partial charge in [-0.1, -0.05) is 6.07 Å². The lowest BCUT2D eigenvalue weighted by Crippen LogP contribution is -2.09. The molecule has 0 radical (unpaired) electrons. The standard InChI is InChI=1S/C50H50N8O/c1-31-23-39(53-47-19-13-41(25-33(47)3)55-49-21-15-44(27-35(49)5)58-57-43-10-8-9-37(29-43)30-51)11-17-45(31)52-38-12-18-46(32(2)24-38)54-40-14-20-48(34(4)26-40)56-42-16-22-50(59-7)36(6)28-42/h8-29,52-58H,1-7H3. The summed E-state index contributed by atoms with van der Waals surface area (Å²) in [4.78, 5) is 0. The molecule has 9 nitrogen and oxygen atoms in total. The van der Waals surface area contributed by atoms with Crippen LogP contribution in [0, 0.1) is 52.9 Å². The molecule has 0 bridgehead atoms. The first-order valence-electron chi connectivity index (χ1n) is 19.6. The summed E-state index contributed by atoms with van der Waals surface area (Å²) in [6, 6.07) is 47.3. The molecule has 296 valence electrons. The summed E-state index contributed by atoms with van der Waals surface area (Å²) in [6.07, 6.45) is 0. The molecule has 0 aromatic heterocycles. The van der Waals surface area contributed by atoms with E-state index in [1.807, 2.05) is 37.3 Å². The predicted octanol–water partition coefficient (Wildman–Crippen LogP) is 13.6. The molecule has 0 fully saturated rings. The van der Waals surface area contributed by atoms with Gasteiger partial charge in [-0.25, -0.2) is 0 Å². The van der Waals surface area contributed by atoms with Crippen molar-refractivity contribution in [2.24, 2.45) is 0 Å². The Labute approximate surface area is 347 Å². The van der Waals surface area contributed by atoms with Gasteiger partial charge < -0.3 is 42.2 Å². The number of benzene rings is 7. The van der Waals surface area contributed by atoms with Crippen LogP contribution in [0.15, 0.2) is 133 Å². The Morgan fingerprint density at radius 2 is 0.695 bits per heavy atom. The van der Waals surface area contributed by atoms with Crippen LogP contribution in [-0.2, 0) is 0 Å². The minimum absolute atomic E-state index is 0.608. The minimum Gasteiger partial charge on any atom is -0.496 e. The van der Waals surface area contributed by atoms with Crippen molar-refractivity contribution in [3.63, 3.8) is 0 Å². The lowest BCUT2D eigenvalue weighted by atomic mass is 10.1. The molecule has 0 unspecified atom stereocenters. The number of hydrazine groups is 1. The average molecular weight is 779 g/mol. The van der Waals surface area contributed by atoms with Gasteiger partial charge in [-0.2, -0.15) is 5.26 Å². The minimum atomic E-state index is 0.608. The van der Waals surface area contributed by atoms with Crippen molar-refractivity contribution in [3.8, 4) is 11.8 Å². The van der Waals surface area contributed by atoms with E-state index in [9.17, 15) is 0 Å². The molecule has 0 aliphatic carbocycles. The lowest BCUT2D eigenvalue weighted by Gasteiger charge is -2.17. The fourth-order valence-electron chi connectivity index (χ4n) is 6.95. The van der Waals surface area contributed by atoms with Crippen LogP contribution in [-0.4, -0.2) is 7.11 Å². The first-order chi connectivity index (χ1) is 28.5. The highest BCUT2D eigenvalue weighted by Gasteiger charge is 2.09. The zero-order valence-corrected chi connectivity index (χ0v) is 34.6. The normalized spacial score (nSPS) is 10.6. The maximum absolute atomic E-state index is 9.16. The Balaban J connectivity index is 0.931. The Bertz CT molecular complexity index is 2680. The van der Waals surface area contributed by atoms with Crippen molar-refractivity contribution < 1.29 is 4.74 Å². The highest BCUT2D eigenvalue weighted by Crippen LogP contribution is 2.33. The number of hydrogen-bond acceptors (Lipinski definition) is 9. The van der Waals surface area contributed by atoms with Crippen molar-refractivity contribution in [3.05, 3.63) is 172 Å². The molecule has 7 aromatic carbocycles. The van der Waals surface area contributed by atoms with E-state index < -0.39 is 0 Å². The summed E-state index contributed by atoms with van der Waals surface area (Å²) >= 11 is 0. The second kappa shape index (κ2) is 17.7. The van der Waals surface area contributed by atoms with E-state index in [4.69, 9.17) is 10.00 Å². The Hall–Kier alpha value is -7.57. The summed E-state index contributed by atoms with van der Waals surface area (Å²) < 4.78 is 5.41. The highest BCUT2D eigenvalue weighted by atomic mass is 16.5. The van der Waals surface area contributed by atoms with Gasteiger partial charge in [-0.15, -0.1) is 0 Å². The van der Waals surface area contributed by atoms with Crippen LogP contribution in [0.3, 0.4) is 0 Å². The number of anilines is 12. The number of hydrogen-bond donors (Lipinski definition) is 7. The number of nitriles is 1. The third kappa shape index (κ3) is 9.88. The van der Waals surface area contributed by atoms with Crippen molar-refractivity contribution in [1.29, 1.82) is 5.26 Å². The van der Waals surface area contributed by atoms with Crippen LogP contribution in [0.2, 0.25) is 0 Å². The van der Waals surface area contributed by atoms with Crippen molar-refractivity contribution in [1.82, 2.24) is 0 Å². The zero-order chi connectivity index (χ0) is 41.5. The Kier molecular flexibility index (Phi) is 11.9. The van der Waals surface area contributed by atoms with E-state index in [0.717, 1.165) is 107 Å². The number of nitrogens with one attached hydrogen (secondary N) is 7. The van der Waals surface area contributed by atoms with Crippen LogP contribution >= 0.6 is 0 Å². The van der Waals surface area contributed by atoms with E-state index in [1.165, 1.54) is 0 Å². The first-order valence-corrected chi connectivity index (χ1v) is 19.6. The number of rotatable bonds is 14. The number of methoxy groups -OCH3 is 1. The van der Waals surface area contributed by atoms with Gasteiger partial charge in [0.15, 0.2) is 0 Å². The summed E-state index contributed by atoms with van der Waals surface area (Å²) in [7, 11) is 1.69. The van der Waals surface area contributed by atoms with Crippen LogP contribution in [0.5, 0.6) is 5.75 Å². The van der Waals surface area contributed by atoms with Gasteiger partial charge in [-0.05, 0) is 202 Å². The molecular weight excluding hydrogens is 729 g/mol. The SMILES string of the molecule is COc1ccc(Nc2ccc(Nc3ccc(Nc4ccc(Nc5ccc(Nc6ccc(NNc7cccc(C#N)c7)cc6C)cc5C)cc4C)cc3C)cc2C)cc1C. The molecule has 7 aromatic rings. The van der Waals surface area contributed by atoms with Crippen molar-refractivity contribution >= 4 is 68.2 Å². The van der Waals surface area contributed by atoms with Crippen LogP contribution in [0.4, 0.5) is 68.2 Å². The third-order valence-corrected chi connectivity index (χ3v) is 10.3. The first kappa shape index (κ1) is 39.7. The number of aryl methyl sites for hydroxylation is 6. The van der Waals surface area contributed by atoms with Gasteiger partial charge >= 0.3 is 0 Å². The molecule has 9 heteroatoms. The second-order valence-electron chi connectivity index (χ2n) is 14.9. The van der Waals surface area contributed by atoms with E-state index in [2.05, 4.69) is 169 Å². The fraction of sp³-hybridized carbons (Fsp3) is 0.140. The quantitative estimate of drug-likeness (QED) is 0.0542. The molecule has 0 spiro atoms. The van der Waals surface area contributed by atoms with Crippen LogP contribution in [0.1, 0.15) is 38.9 Å². The van der Waals surface area contributed by atoms with E-state index in [-0.39, 0.29) is 0 Å². The molecule has 7 N–H and O–H groups in total. The van der Waals surface area contributed by atoms with Gasteiger partial charge in [0.05, 0.1) is 30.1 Å². The van der Waals surface area contributed by atoms with Gasteiger partial charge in [0, 0.05) is 56.9 Å². The summed E-state index contributed by atoms with van der Waals surface area (Å²) in [6.45, 7) is 12.6. The van der Waals surface area contributed by atoms with E-state index in [1.54, 1.807) is 19.2 Å². The van der Waals surface area contributed by atoms with Crippen molar-refractivity contribution in [2.75, 3.05) is 44.5 Å². The molecule has 0 aliphatic rings. The highest BCUT2D eigenvalue weighted by molar-refractivity contribution is 5.76. The molecule has 59 heavy (non-hydrogen) atoms. The Morgan fingerprint density at radius 1 is 0.373 bits per heavy atom. The fourth-order valence-corrected chi connectivity index (χ4v) is 6.95. The van der Waals surface area contributed by atoms with Crippen molar-refractivity contribution in [2.45, 2.75) is 41.5 Å². The van der Waals surface area contributed by atoms with E-state index in [0.29, 0.717) is 5.56 Å². The van der Waals surface area contributed by atoms with Gasteiger partial charge in [0.25, 0.3) is 0 Å². The number of nitrogens with zero attached hydrogens (tertiary/aromatic N) is 1. The zero-order valence-electron chi connectivity index (χ0n) is 34.6. The van der Waals surface area contributed by atoms with Gasteiger partial charge in [0.1, 0.15) is 5.75 Å². The van der Waals surface area contributed by atoms with E-state index >= 15 is 0 Å². The summed E-state index contributed by atoms with van der Waals surface area (Å²) in [5.41, 5.74) is 25.9. The average Bonchev–Trinajstić information content (AvgIpc) is 3.22. The molecule has 0 aliphatic heterocycles. The number of ether oxygens (including phenoxy) is 1. The summed E-state index contributed by atoms with van der Waals surface area (Å²) in [5.74, 6) is 0.882. The Morgan fingerprint density at radius 3 is 1.03 bits per heavy atom. The lowest BCUT2D eigenvalue weighted by molar-refractivity contribution is 0.412. The molecule has 7 rings (SSSR count). The summed E-state index contributed by atoms with van der Waals surface area (Å²) in [5, 5.41) is 27.1. The molecule has 0 atom stereocenters. The van der Waals surface area contributed by atoms with Gasteiger partial charge in [-0.3, -0.25) is 0 Å². The maximum Gasteiger partial charge on any atom is 0.121 e. The van der Waals surface area contributed by atoms with Crippen LogP contribution < -0.4 is 42.2 Å². The predicted molar refractivity (Wildman–Crippen MR) is 248 cm³/mol. The topological polar surface area (TPSA) is 117 Å². The molecule has 0 saturated carbocycles. The molecule has 0 saturated heterocycles. The molecule has 0 heterocycles.